The third-order valence-electron chi connectivity index (χ3n) is 4.64. The van der Waals surface area contributed by atoms with Crippen molar-refractivity contribution < 1.29 is 23.9 Å². The van der Waals surface area contributed by atoms with Gasteiger partial charge in [-0.1, -0.05) is 23.9 Å². The van der Waals surface area contributed by atoms with Crippen LogP contribution in [-0.2, 0) is 11.3 Å². The molecule has 4 amide bonds. The van der Waals surface area contributed by atoms with Gasteiger partial charge >= 0.3 is 6.03 Å². The molecule has 3 rings (SSSR count). The fraction of sp³-hybridized carbons (Fsp3) is 0.286. The summed E-state index contributed by atoms with van der Waals surface area (Å²) in [4.78, 5) is 37.0. The van der Waals surface area contributed by atoms with E-state index < -0.39 is 0 Å². The molecule has 1 atom stereocenters. The van der Waals surface area contributed by atoms with Crippen LogP contribution in [0, 0.1) is 0 Å². The third-order valence-corrected chi connectivity index (χ3v) is 5.50. The molecule has 0 bridgehead atoms. The summed E-state index contributed by atoms with van der Waals surface area (Å²) in [5.74, 6) is 1.32. The van der Waals surface area contributed by atoms with Gasteiger partial charge in [0, 0.05) is 11.3 Å². The number of anilines is 1. The molecule has 1 heterocycles. The van der Waals surface area contributed by atoms with Crippen LogP contribution in [0.1, 0.15) is 24.1 Å². The number of thioether (sulfide) groups is 1. The fourth-order valence-corrected chi connectivity index (χ4v) is 3.75. The van der Waals surface area contributed by atoms with Gasteiger partial charge in [0.25, 0.3) is 5.24 Å². The van der Waals surface area contributed by atoms with E-state index in [1.807, 2.05) is 13.0 Å². The number of nitrogens with zero attached hydrogens (tertiary/aromatic N) is 1. The van der Waals surface area contributed by atoms with Crippen molar-refractivity contribution in [3.63, 3.8) is 0 Å². The highest BCUT2D eigenvalue weighted by Gasteiger charge is 2.29. The van der Waals surface area contributed by atoms with Gasteiger partial charge in [-0.15, -0.1) is 0 Å². The van der Waals surface area contributed by atoms with Gasteiger partial charge in [-0.05, 0) is 42.8 Å². The molecule has 1 fully saturated rings. The minimum atomic E-state index is -0.374. The van der Waals surface area contributed by atoms with E-state index in [2.05, 4.69) is 10.6 Å². The Bertz CT molecular complexity index is 932. The minimum absolute atomic E-state index is 0.187. The Kier molecular flexibility index (Phi) is 6.83. The number of benzene rings is 2. The first-order valence-corrected chi connectivity index (χ1v) is 10.3. The van der Waals surface area contributed by atoms with Gasteiger partial charge in [-0.2, -0.15) is 0 Å². The van der Waals surface area contributed by atoms with Crippen LogP contribution in [0.15, 0.2) is 42.5 Å². The van der Waals surface area contributed by atoms with E-state index in [4.69, 9.17) is 9.47 Å². The molecule has 1 unspecified atom stereocenters. The molecule has 9 heteroatoms. The standard InChI is InChI=1S/C21H23N3O5S/c1-13(17-10-16(28-2)8-9-18(17)29-3)22-20(26)23-15-6-4-14(5-7-15)11-24-19(25)12-30-21(24)27/h4-10,13H,11-12H2,1-3H3,(H2,22,23,26). The van der Waals surface area contributed by atoms with Crippen LogP contribution in [0.3, 0.4) is 0 Å². The molecule has 2 aromatic carbocycles. The number of hydrogen-bond acceptors (Lipinski definition) is 6. The molecule has 1 saturated heterocycles. The van der Waals surface area contributed by atoms with Crippen molar-refractivity contribution in [3.8, 4) is 11.5 Å². The number of hydrogen-bond donors (Lipinski definition) is 2. The number of carbonyl (C=O) groups excluding carboxylic acids is 3. The minimum Gasteiger partial charge on any atom is -0.497 e. The summed E-state index contributed by atoms with van der Waals surface area (Å²) in [6, 6.07) is 11.7. The highest BCUT2D eigenvalue weighted by atomic mass is 32.2. The normalized spacial score (nSPS) is 14.4. The summed E-state index contributed by atoms with van der Waals surface area (Å²) < 4.78 is 10.6. The molecule has 2 N–H and O–H groups in total. The number of rotatable bonds is 7. The van der Waals surface area contributed by atoms with Gasteiger partial charge in [-0.3, -0.25) is 14.5 Å². The summed E-state index contributed by atoms with van der Waals surface area (Å²) in [5, 5.41) is 5.41. The molecule has 8 nitrogen and oxygen atoms in total. The quantitative estimate of drug-likeness (QED) is 0.695. The van der Waals surface area contributed by atoms with Crippen LogP contribution in [0.2, 0.25) is 0 Å². The molecule has 30 heavy (non-hydrogen) atoms. The van der Waals surface area contributed by atoms with Gasteiger partial charge in [-0.25, -0.2) is 4.79 Å². The Hall–Kier alpha value is -3.20. The fourth-order valence-electron chi connectivity index (χ4n) is 3.03. The number of imide groups is 1. The molecule has 1 aliphatic heterocycles. The first-order chi connectivity index (χ1) is 14.4. The van der Waals surface area contributed by atoms with Crippen LogP contribution in [0.25, 0.3) is 0 Å². The number of amides is 4. The van der Waals surface area contributed by atoms with E-state index in [0.717, 1.165) is 22.9 Å². The van der Waals surface area contributed by atoms with E-state index in [1.165, 1.54) is 4.90 Å². The topological polar surface area (TPSA) is 97.0 Å². The SMILES string of the molecule is COc1ccc(OC)c(C(C)NC(=O)Nc2ccc(CN3C(=O)CSC3=O)cc2)c1. The average Bonchev–Trinajstić information content (AvgIpc) is 3.06. The molecule has 0 radical (unpaired) electrons. The van der Waals surface area contributed by atoms with Crippen LogP contribution in [-0.4, -0.2) is 42.0 Å². The highest BCUT2D eigenvalue weighted by molar-refractivity contribution is 8.14. The second-order valence-corrected chi connectivity index (χ2v) is 7.59. The number of methoxy groups -OCH3 is 2. The Morgan fingerprint density at radius 2 is 1.87 bits per heavy atom. The summed E-state index contributed by atoms with van der Waals surface area (Å²) in [6.07, 6.45) is 0. The van der Waals surface area contributed by atoms with E-state index >= 15 is 0 Å². The Labute approximate surface area is 178 Å². The van der Waals surface area contributed by atoms with Crippen molar-refractivity contribution in [2.45, 2.75) is 19.5 Å². The number of urea groups is 1. The number of ether oxygens (including phenoxy) is 2. The zero-order valence-electron chi connectivity index (χ0n) is 16.9. The molecule has 158 valence electrons. The Balaban J connectivity index is 1.59. The maximum absolute atomic E-state index is 12.4. The number of carbonyl (C=O) groups is 3. The van der Waals surface area contributed by atoms with Crippen molar-refractivity contribution >= 4 is 34.6 Å². The second-order valence-electron chi connectivity index (χ2n) is 6.66. The van der Waals surface area contributed by atoms with Crippen LogP contribution in [0.4, 0.5) is 15.3 Å². The van der Waals surface area contributed by atoms with Gasteiger partial charge in [0.2, 0.25) is 5.91 Å². The van der Waals surface area contributed by atoms with E-state index in [1.54, 1.807) is 50.6 Å². The predicted octanol–water partition coefficient (Wildman–Crippen LogP) is 3.78. The summed E-state index contributed by atoms with van der Waals surface area (Å²) in [5.41, 5.74) is 2.19. The van der Waals surface area contributed by atoms with Crippen molar-refractivity contribution in [3.05, 3.63) is 53.6 Å². The van der Waals surface area contributed by atoms with E-state index in [9.17, 15) is 14.4 Å². The lowest BCUT2D eigenvalue weighted by molar-refractivity contribution is -0.125. The van der Waals surface area contributed by atoms with Crippen molar-refractivity contribution in [1.29, 1.82) is 0 Å². The zero-order chi connectivity index (χ0) is 21.7. The summed E-state index contributed by atoms with van der Waals surface area (Å²) >= 11 is 1.01. The first kappa shape index (κ1) is 21.5. The van der Waals surface area contributed by atoms with Crippen molar-refractivity contribution in [1.82, 2.24) is 10.2 Å². The van der Waals surface area contributed by atoms with Gasteiger partial charge in [0.1, 0.15) is 11.5 Å². The average molecular weight is 429 g/mol. The van der Waals surface area contributed by atoms with Crippen LogP contribution < -0.4 is 20.1 Å². The molecule has 1 aliphatic rings. The maximum Gasteiger partial charge on any atom is 0.319 e. The zero-order valence-corrected chi connectivity index (χ0v) is 17.7. The summed E-state index contributed by atoms with van der Waals surface area (Å²) in [7, 11) is 3.15. The molecule has 0 aromatic heterocycles. The Morgan fingerprint density at radius 1 is 1.13 bits per heavy atom. The van der Waals surface area contributed by atoms with E-state index in [0.29, 0.717) is 17.2 Å². The largest absolute Gasteiger partial charge is 0.497 e. The smallest absolute Gasteiger partial charge is 0.319 e. The lowest BCUT2D eigenvalue weighted by Gasteiger charge is -2.19. The van der Waals surface area contributed by atoms with Gasteiger partial charge < -0.3 is 20.1 Å². The van der Waals surface area contributed by atoms with Gasteiger partial charge in [0.15, 0.2) is 0 Å². The summed E-state index contributed by atoms with van der Waals surface area (Å²) in [6.45, 7) is 2.08. The first-order valence-electron chi connectivity index (χ1n) is 9.26. The van der Waals surface area contributed by atoms with E-state index in [-0.39, 0.29) is 35.5 Å². The molecule has 0 aliphatic carbocycles. The maximum atomic E-state index is 12.4. The lowest BCUT2D eigenvalue weighted by Crippen LogP contribution is -2.31. The second kappa shape index (κ2) is 9.53. The van der Waals surface area contributed by atoms with Crippen LogP contribution >= 0.6 is 11.8 Å². The van der Waals surface area contributed by atoms with Gasteiger partial charge in [0.05, 0.1) is 32.6 Å². The Morgan fingerprint density at radius 3 is 2.47 bits per heavy atom. The predicted molar refractivity (Wildman–Crippen MR) is 115 cm³/mol. The third kappa shape index (κ3) is 5.04. The monoisotopic (exact) mass is 429 g/mol. The lowest BCUT2D eigenvalue weighted by atomic mass is 10.1. The molecular weight excluding hydrogens is 406 g/mol. The number of nitrogens with one attached hydrogen (secondary N) is 2. The molecule has 0 spiro atoms. The molecular formula is C21H23N3O5S. The van der Waals surface area contributed by atoms with Crippen molar-refractivity contribution in [2.24, 2.45) is 0 Å². The van der Waals surface area contributed by atoms with Crippen molar-refractivity contribution in [2.75, 3.05) is 25.3 Å². The highest BCUT2D eigenvalue weighted by Crippen LogP contribution is 2.29. The molecule has 0 saturated carbocycles. The van der Waals surface area contributed by atoms with Crippen LogP contribution in [0.5, 0.6) is 11.5 Å². The molecule has 2 aromatic rings.